The summed E-state index contributed by atoms with van der Waals surface area (Å²) < 4.78 is 24.7. The number of rotatable bonds is 7. The summed E-state index contributed by atoms with van der Waals surface area (Å²) in [6.45, 7) is 0. The molecule has 1 heterocycles. The van der Waals surface area contributed by atoms with Gasteiger partial charge in [0.25, 0.3) is 11.7 Å². The monoisotopic (exact) mass is 402 g/mol. The van der Waals surface area contributed by atoms with Crippen LogP contribution < -0.4 is 5.32 Å². The summed E-state index contributed by atoms with van der Waals surface area (Å²) in [6, 6.07) is 17.6. The lowest BCUT2D eigenvalue weighted by molar-refractivity contribution is 0.102. The van der Waals surface area contributed by atoms with E-state index in [2.05, 4.69) is 10.3 Å². The topological polar surface area (TPSA) is 42.0 Å². The minimum atomic E-state index is -2.47. The first-order valence-corrected chi connectivity index (χ1v) is 9.95. The van der Waals surface area contributed by atoms with E-state index >= 15 is 0 Å². The molecule has 3 aromatic rings. The molecule has 0 unspecified atom stereocenters. The zero-order chi connectivity index (χ0) is 19.1. The summed E-state index contributed by atoms with van der Waals surface area (Å²) in [4.78, 5) is 17.9. The summed E-state index contributed by atoms with van der Waals surface area (Å²) in [5, 5.41) is 2.81. The van der Waals surface area contributed by atoms with Gasteiger partial charge in [0.2, 0.25) is 0 Å². The smallest absolute Gasteiger partial charge is 0.288 e. The number of halogens is 2. The van der Waals surface area contributed by atoms with E-state index in [0.717, 1.165) is 16.2 Å². The Hall–Kier alpha value is -2.38. The van der Waals surface area contributed by atoms with Crippen molar-refractivity contribution in [3.8, 4) is 0 Å². The van der Waals surface area contributed by atoms with Crippen LogP contribution in [0.25, 0.3) is 0 Å². The van der Waals surface area contributed by atoms with Gasteiger partial charge in [-0.2, -0.15) is 8.78 Å². The molecule has 0 spiro atoms. The third-order valence-corrected chi connectivity index (χ3v) is 5.39. The summed E-state index contributed by atoms with van der Waals surface area (Å²) in [5.41, 5.74) is 2.24. The second-order valence-corrected chi connectivity index (χ2v) is 7.64. The number of amides is 1. The van der Waals surface area contributed by atoms with Crippen LogP contribution >= 0.6 is 23.5 Å². The number of nitrogens with zero attached hydrogens (tertiary/aromatic N) is 1. The standard InChI is InChI=1S/C20H16F2N2OS2/c21-20(22)27-18-7-3-15(4-8-18)19(25)24-16-5-9-17(10-6-16)26-13-14-2-1-11-23-12-14/h1-12,20H,13H2,(H,24,25). The van der Waals surface area contributed by atoms with Gasteiger partial charge in [-0.15, -0.1) is 11.8 Å². The van der Waals surface area contributed by atoms with Crippen LogP contribution in [0, 0.1) is 0 Å². The second-order valence-electron chi connectivity index (χ2n) is 5.53. The van der Waals surface area contributed by atoms with Crippen molar-refractivity contribution in [2.75, 3.05) is 5.32 Å². The van der Waals surface area contributed by atoms with E-state index in [9.17, 15) is 13.6 Å². The van der Waals surface area contributed by atoms with Crippen molar-refractivity contribution in [1.29, 1.82) is 0 Å². The molecule has 2 aromatic carbocycles. The summed E-state index contributed by atoms with van der Waals surface area (Å²) in [6.07, 6.45) is 3.59. The third kappa shape index (κ3) is 6.08. The van der Waals surface area contributed by atoms with Gasteiger partial charge in [-0.05, 0) is 60.2 Å². The zero-order valence-corrected chi connectivity index (χ0v) is 15.8. The van der Waals surface area contributed by atoms with Crippen molar-refractivity contribution in [3.05, 3.63) is 84.2 Å². The van der Waals surface area contributed by atoms with Crippen molar-refractivity contribution in [2.24, 2.45) is 0 Å². The van der Waals surface area contributed by atoms with Crippen molar-refractivity contribution in [2.45, 2.75) is 21.3 Å². The van der Waals surface area contributed by atoms with Crippen molar-refractivity contribution in [1.82, 2.24) is 4.98 Å². The van der Waals surface area contributed by atoms with Gasteiger partial charge in [-0.25, -0.2) is 0 Å². The molecule has 0 saturated heterocycles. The quantitative estimate of drug-likeness (QED) is 0.497. The highest BCUT2D eigenvalue weighted by Crippen LogP contribution is 2.26. The lowest BCUT2D eigenvalue weighted by Crippen LogP contribution is -2.11. The molecule has 7 heteroatoms. The fourth-order valence-corrected chi connectivity index (χ4v) is 3.61. The van der Waals surface area contributed by atoms with Gasteiger partial charge in [0.05, 0.1) is 0 Å². The molecule has 0 atom stereocenters. The number of carbonyl (C=O) groups is 1. The summed E-state index contributed by atoms with van der Waals surface area (Å²) in [7, 11) is 0. The fourth-order valence-electron chi connectivity index (χ4n) is 2.28. The minimum Gasteiger partial charge on any atom is -0.322 e. The highest BCUT2D eigenvalue weighted by Gasteiger charge is 2.09. The first kappa shape index (κ1) is 19.4. The maximum absolute atomic E-state index is 12.3. The number of pyridine rings is 1. The molecule has 0 fully saturated rings. The first-order valence-electron chi connectivity index (χ1n) is 8.08. The number of anilines is 1. The Balaban J connectivity index is 1.55. The van der Waals surface area contributed by atoms with E-state index in [1.807, 2.05) is 42.6 Å². The van der Waals surface area contributed by atoms with Crippen molar-refractivity contribution >= 4 is 35.1 Å². The lowest BCUT2D eigenvalue weighted by atomic mass is 10.2. The number of aromatic nitrogens is 1. The van der Waals surface area contributed by atoms with E-state index in [1.54, 1.807) is 18.0 Å². The molecule has 1 N–H and O–H groups in total. The van der Waals surface area contributed by atoms with Gasteiger partial charge in [-0.3, -0.25) is 9.78 Å². The molecule has 0 aliphatic rings. The van der Waals surface area contributed by atoms with Crippen LogP contribution in [0.2, 0.25) is 0 Å². The molecule has 0 aliphatic carbocycles. The Morgan fingerprint density at radius 2 is 1.70 bits per heavy atom. The molecule has 138 valence electrons. The maximum Gasteiger partial charge on any atom is 0.288 e. The third-order valence-electron chi connectivity index (χ3n) is 3.58. The van der Waals surface area contributed by atoms with E-state index in [0.29, 0.717) is 27.9 Å². The minimum absolute atomic E-state index is 0.278. The van der Waals surface area contributed by atoms with Crippen LogP contribution in [-0.2, 0) is 5.75 Å². The van der Waals surface area contributed by atoms with Crippen molar-refractivity contribution < 1.29 is 13.6 Å². The Kier molecular flexibility index (Phi) is 6.84. The average molecular weight is 402 g/mol. The van der Waals surface area contributed by atoms with Gasteiger partial charge in [0, 0.05) is 39.2 Å². The Labute approximate surface area is 164 Å². The lowest BCUT2D eigenvalue weighted by Gasteiger charge is -2.07. The summed E-state index contributed by atoms with van der Waals surface area (Å²) in [5.74, 6) is -1.93. The van der Waals surface area contributed by atoms with Crippen LogP contribution in [0.15, 0.2) is 82.8 Å². The molecule has 0 bridgehead atoms. The van der Waals surface area contributed by atoms with Crippen LogP contribution in [0.1, 0.15) is 15.9 Å². The van der Waals surface area contributed by atoms with E-state index in [4.69, 9.17) is 0 Å². The maximum atomic E-state index is 12.3. The van der Waals surface area contributed by atoms with E-state index in [-0.39, 0.29) is 5.91 Å². The number of hydrogen-bond donors (Lipinski definition) is 1. The molecule has 0 radical (unpaired) electrons. The Morgan fingerprint density at radius 1 is 1.00 bits per heavy atom. The molecule has 1 amide bonds. The van der Waals surface area contributed by atoms with Gasteiger partial charge in [-0.1, -0.05) is 17.8 Å². The van der Waals surface area contributed by atoms with Gasteiger partial charge >= 0.3 is 0 Å². The molecular formula is C20H16F2N2OS2. The number of thioether (sulfide) groups is 2. The Morgan fingerprint density at radius 3 is 2.33 bits per heavy atom. The largest absolute Gasteiger partial charge is 0.322 e. The van der Waals surface area contributed by atoms with Gasteiger partial charge in [0.15, 0.2) is 0 Å². The molecule has 0 saturated carbocycles. The highest BCUT2D eigenvalue weighted by molar-refractivity contribution is 7.99. The number of benzene rings is 2. The molecule has 3 nitrogen and oxygen atoms in total. The molecule has 27 heavy (non-hydrogen) atoms. The molecular weight excluding hydrogens is 386 g/mol. The van der Waals surface area contributed by atoms with E-state index < -0.39 is 5.76 Å². The molecule has 3 rings (SSSR count). The SMILES string of the molecule is O=C(Nc1ccc(SCc2cccnc2)cc1)c1ccc(SC(F)F)cc1. The van der Waals surface area contributed by atoms with Gasteiger partial charge < -0.3 is 5.32 Å². The summed E-state index contributed by atoms with van der Waals surface area (Å²) >= 11 is 2.14. The highest BCUT2D eigenvalue weighted by atomic mass is 32.2. The second kappa shape index (κ2) is 9.53. The normalized spacial score (nSPS) is 10.8. The Bertz CT molecular complexity index is 873. The number of carbonyl (C=O) groups excluding carboxylic acids is 1. The van der Waals surface area contributed by atoms with Crippen LogP contribution in [0.5, 0.6) is 0 Å². The van der Waals surface area contributed by atoms with Crippen molar-refractivity contribution in [3.63, 3.8) is 0 Å². The van der Waals surface area contributed by atoms with E-state index in [1.165, 1.54) is 24.3 Å². The average Bonchev–Trinajstić information content (AvgIpc) is 2.68. The predicted octanol–water partition coefficient (Wildman–Crippen LogP) is 5.94. The fraction of sp³-hybridized carbons (Fsp3) is 0.100. The number of hydrogen-bond acceptors (Lipinski definition) is 4. The van der Waals surface area contributed by atoms with Crippen LogP contribution in [0.4, 0.5) is 14.5 Å². The number of alkyl halides is 2. The first-order chi connectivity index (χ1) is 13.1. The molecule has 1 aromatic heterocycles. The zero-order valence-electron chi connectivity index (χ0n) is 14.1. The van der Waals surface area contributed by atoms with Gasteiger partial charge in [0.1, 0.15) is 0 Å². The predicted molar refractivity (Wildman–Crippen MR) is 106 cm³/mol. The van der Waals surface area contributed by atoms with Crippen LogP contribution in [0.3, 0.4) is 0 Å². The number of nitrogens with one attached hydrogen (secondary N) is 1. The molecule has 0 aliphatic heterocycles. The van der Waals surface area contributed by atoms with Crippen LogP contribution in [-0.4, -0.2) is 16.6 Å².